The molecule has 0 N–H and O–H groups in total. The van der Waals surface area contributed by atoms with Gasteiger partial charge in [-0.2, -0.15) is 13.2 Å². The van der Waals surface area contributed by atoms with Crippen LogP contribution in [0.5, 0.6) is 11.5 Å². The maximum Gasteiger partial charge on any atom is 0.416 e. The van der Waals surface area contributed by atoms with Crippen LogP contribution in [-0.4, -0.2) is 0 Å². The first kappa shape index (κ1) is 13.0. The highest BCUT2D eigenvalue weighted by Crippen LogP contribution is 2.36. The molecule has 0 aliphatic carbocycles. The Balaban J connectivity index is 2.26. The number of para-hydroxylation sites is 1. The lowest BCUT2D eigenvalue weighted by molar-refractivity contribution is -0.137. The zero-order chi connectivity index (χ0) is 13.2. The van der Waals surface area contributed by atoms with Crippen molar-refractivity contribution in [1.82, 2.24) is 0 Å². The fourth-order valence-electron chi connectivity index (χ4n) is 1.38. The van der Waals surface area contributed by atoms with Gasteiger partial charge in [0.1, 0.15) is 11.5 Å². The van der Waals surface area contributed by atoms with E-state index in [-0.39, 0.29) is 4.47 Å². The van der Waals surface area contributed by atoms with Crippen LogP contribution in [0.1, 0.15) is 5.56 Å². The monoisotopic (exact) mass is 316 g/mol. The second kappa shape index (κ2) is 5.02. The quantitative estimate of drug-likeness (QED) is 0.734. The Labute approximate surface area is 110 Å². The molecule has 2 rings (SSSR count). The van der Waals surface area contributed by atoms with Crippen LogP contribution >= 0.6 is 15.9 Å². The first-order valence-corrected chi connectivity index (χ1v) is 5.86. The van der Waals surface area contributed by atoms with E-state index in [2.05, 4.69) is 15.9 Å². The summed E-state index contributed by atoms with van der Waals surface area (Å²) in [5.41, 5.74) is -0.713. The summed E-state index contributed by atoms with van der Waals surface area (Å²) in [7, 11) is 0. The van der Waals surface area contributed by atoms with Crippen LogP contribution in [0.15, 0.2) is 53.0 Å². The summed E-state index contributed by atoms with van der Waals surface area (Å²) >= 11 is 3.07. The molecule has 0 bridgehead atoms. The van der Waals surface area contributed by atoms with Gasteiger partial charge in [-0.3, -0.25) is 0 Å². The molecule has 0 spiro atoms. The molecule has 1 nitrogen and oxygen atoms in total. The second-order valence-electron chi connectivity index (χ2n) is 3.56. The smallest absolute Gasteiger partial charge is 0.416 e. The molecule has 0 aromatic heterocycles. The van der Waals surface area contributed by atoms with E-state index >= 15 is 0 Å². The Morgan fingerprint density at radius 3 is 2.17 bits per heavy atom. The van der Waals surface area contributed by atoms with Crippen molar-refractivity contribution in [2.24, 2.45) is 0 Å². The number of hydrogen-bond donors (Lipinski definition) is 0. The number of rotatable bonds is 2. The summed E-state index contributed by atoms with van der Waals surface area (Å²) in [5, 5.41) is 0. The van der Waals surface area contributed by atoms with Crippen molar-refractivity contribution in [3.05, 3.63) is 58.6 Å². The summed E-state index contributed by atoms with van der Waals surface area (Å²) in [6.07, 6.45) is -4.35. The van der Waals surface area contributed by atoms with Gasteiger partial charge in [0.05, 0.1) is 10.0 Å². The lowest BCUT2D eigenvalue weighted by atomic mass is 10.2. The van der Waals surface area contributed by atoms with Crippen LogP contribution in [-0.2, 0) is 6.18 Å². The predicted octanol–water partition coefficient (Wildman–Crippen LogP) is 5.26. The topological polar surface area (TPSA) is 9.23 Å². The highest BCUT2D eigenvalue weighted by molar-refractivity contribution is 9.10. The Morgan fingerprint density at radius 1 is 0.944 bits per heavy atom. The second-order valence-corrected chi connectivity index (χ2v) is 4.41. The van der Waals surface area contributed by atoms with E-state index in [4.69, 9.17) is 4.74 Å². The number of hydrogen-bond acceptors (Lipinski definition) is 1. The van der Waals surface area contributed by atoms with E-state index < -0.39 is 11.7 Å². The summed E-state index contributed by atoms with van der Waals surface area (Å²) in [4.78, 5) is 0. The van der Waals surface area contributed by atoms with E-state index in [0.717, 1.165) is 12.1 Å². The molecule has 0 unspecified atom stereocenters. The molecule has 0 aliphatic rings. The van der Waals surface area contributed by atoms with Crippen molar-refractivity contribution in [1.29, 1.82) is 0 Å². The van der Waals surface area contributed by atoms with E-state index in [1.807, 2.05) is 6.07 Å². The molecule has 5 heteroatoms. The maximum absolute atomic E-state index is 12.5. The molecule has 94 valence electrons. The minimum atomic E-state index is -4.35. The van der Waals surface area contributed by atoms with Gasteiger partial charge in [-0.15, -0.1) is 0 Å². The van der Waals surface area contributed by atoms with Crippen LogP contribution in [0.3, 0.4) is 0 Å². The van der Waals surface area contributed by atoms with E-state index in [0.29, 0.717) is 11.5 Å². The average Bonchev–Trinajstić information content (AvgIpc) is 2.32. The number of ether oxygens (including phenoxy) is 1. The zero-order valence-corrected chi connectivity index (χ0v) is 10.6. The van der Waals surface area contributed by atoms with Crippen molar-refractivity contribution >= 4 is 15.9 Å². The molecular weight excluding hydrogens is 309 g/mol. The standard InChI is InChI=1S/C13H8BrF3O/c14-11-8-9(13(15,16)17)6-7-12(11)18-10-4-2-1-3-5-10/h1-8H. The van der Waals surface area contributed by atoms with Gasteiger partial charge < -0.3 is 4.74 Å². The highest BCUT2D eigenvalue weighted by atomic mass is 79.9. The Hall–Kier alpha value is -1.49. The molecular formula is C13H8BrF3O. The number of halogens is 4. The van der Waals surface area contributed by atoms with Crippen LogP contribution in [0, 0.1) is 0 Å². The Morgan fingerprint density at radius 2 is 1.61 bits per heavy atom. The number of benzene rings is 2. The van der Waals surface area contributed by atoms with Crippen LogP contribution in [0.4, 0.5) is 13.2 Å². The molecule has 0 heterocycles. The van der Waals surface area contributed by atoms with Gasteiger partial charge in [-0.1, -0.05) is 18.2 Å². The van der Waals surface area contributed by atoms with Gasteiger partial charge in [0.2, 0.25) is 0 Å². The minimum Gasteiger partial charge on any atom is -0.456 e. The lowest BCUT2D eigenvalue weighted by Gasteiger charge is -2.11. The molecule has 0 atom stereocenters. The van der Waals surface area contributed by atoms with Crippen LogP contribution in [0.2, 0.25) is 0 Å². The van der Waals surface area contributed by atoms with Gasteiger partial charge in [0.25, 0.3) is 0 Å². The molecule has 0 amide bonds. The van der Waals surface area contributed by atoms with Crippen molar-refractivity contribution < 1.29 is 17.9 Å². The Bertz CT molecular complexity index is 538. The summed E-state index contributed by atoms with van der Waals surface area (Å²) in [6, 6.07) is 12.1. The van der Waals surface area contributed by atoms with Gasteiger partial charge in [-0.05, 0) is 46.3 Å². The van der Waals surface area contributed by atoms with Gasteiger partial charge >= 0.3 is 6.18 Å². The summed E-state index contributed by atoms with van der Waals surface area (Å²) < 4.78 is 43.1. The first-order chi connectivity index (χ1) is 8.47. The third-order valence-corrected chi connectivity index (χ3v) is 2.85. The first-order valence-electron chi connectivity index (χ1n) is 5.06. The van der Waals surface area contributed by atoms with E-state index in [1.165, 1.54) is 6.07 Å². The zero-order valence-electron chi connectivity index (χ0n) is 9.04. The van der Waals surface area contributed by atoms with Crippen molar-refractivity contribution in [2.75, 3.05) is 0 Å². The van der Waals surface area contributed by atoms with E-state index in [1.54, 1.807) is 24.3 Å². The molecule has 0 fully saturated rings. The normalized spacial score (nSPS) is 11.3. The van der Waals surface area contributed by atoms with Gasteiger partial charge in [-0.25, -0.2) is 0 Å². The van der Waals surface area contributed by atoms with Crippen molar-refractivity contribution in [2.45, 2.75) is 6.18 Å². The molecule has 0 aliphatic heterocycles. The summed E-state index contributed by atoms with van der Waals surface area (Å²) in [5.74, 6) is 0.909. The van der Waals surface area contributed by atoms with Crippen molar-refractivity contribution in [3.8, 4) is 11.5 Å². The third-order valence-electron chi connectivity index (χ3n) is 2.23. The Kier molecular flexibility index (Phi) is 3.61. The minimum absolute atomic E-state index is 0.265. The molecule has 18 heavy (non-hydrogen) atoms. The molecule has 0 radical (unpaired) electrons. The largest absolute Gasteiger partial charge is 0.456 e. The molecule has 2 aromatic rings. The number of alkyl halides is 3. The molecule has 0 saturated heterocycles. The van der Waals surface area contributed by atoms with Gasteiger partial charge in [0.15, 0.2) is 0 Å². The third kappa shape index (κ3) is 3.04. The predicted molar refractivity (Wildman–Crippen MR) is 65.7 cm³/mol. The van der Waals surface area contributed by atoms with Crippen LogP contribution < -0.4 is 4.74 Å². The van der Waals surface area contributed by atoms with Gasteiger partial charge in [0, 0.05) is 0 Å². The molecule has 2 aromatic carbocycles. The molecule has 0 saturated carbocycles. The fourth-order valence-corrected chi connectivity index (χ4v) is 1.84. The van der Waals surface area contributed by atoms with E-state index in [9.17, 15) is 13.2 Å². The SMILES string of the molecule is FC(F)(F)c1ccc(Oc2ccccc2)c(Br)c1. The average molecular weight is 317 g/mol. The highest BCUT2D eigenvalue weighted by Gasteiger charge is 2.30. The fraction of sp³-hybridized carbons (Fsp3) is 0.0769. The maximum atomic E-state index is 12.5. The lowest BCUT2D eigenvalue weighted by Crippen LogP contribution is -2.04. The van der Waals surface area contributed by atoms with Crippen molar-refractivity contribution in [3.63, 3.8) is 0 Å². The van der Waals surface area contributed by atoms with Crippen LogP contribution in [0.25, 0.3) is 0 Å². The summed E-state index contributed by atoms with van der Waals surface area (Å²) in [6.45, 7) is 0.